The molecule has 4 rings (SSSR count). The molecular weight excluding hydrogens is 488 g/mol. The van der Waals surface area contributed by atoms with E-state index in [1.807, 2.05) is 13.8 Å². The zero-order valence-electron chi connectivity index (χ0n) is 21.8. The molecule has 36 heavy (non-hydrogen) atoms. The maximum Gasteiger partial charge on any atom is 0.302 e. The van der Waals surface area contributed by atoms with Crippen LogP contribution in [0.4, 0.5) is 0 Å². The molecule has 0 N–H and O–H groups in total. The average molecular weight is 527 g/mol. The Balaban J connectivity index is 2.24. The molecule has 9 nitrogen and oxygen atoms in total. The summed E-state index contributed by atoms with van der Waals surface area (Å²) in [4.78, 5) is 51.8. The van der Waals surface area contributed by atoms with E-state index < -0.39 is 63.2 Å². The largest absolute Gasteiger partial charge is 0.466 e. The minimum atomic E-state index is -3.89. The minimum absolute atomic E-state index is 0.00199. The van der Waals surface area contributed by atoms with Crippen molar-refractivity contribution < 1.29 is 41.3 Å². The summed E-state index contributed by atoms with van der Waals surface area (Å²) in [6.45, 7) is 9.97. The van der Waals surface area contributed by atoms with Crippen LogP contribution < -0.4 is 0 Å². The highest BCUT2D eigenvalue weighted by Crippen LogP contribution is 2.68. The number of Topliss-reactive ketones (excluding diaryl/α,β-unsaturated/α-hetero) is 2. The highest BCUT2D eigenvalue weighted by Gasteiger charge is 2.72. The number of ketones is 2. The fourth-order valence-electron chi connectivity index (χ4n) is 7.50. The van der Waals surface area contributed by atoms with E-state index in [0.29, 0.717) is 37.7 Å². The Bertz CT molecular complexity index is 1050. The lowest BCUT2D eigenvalue weighted by Gasteiger charge is -2.65. The Morgan fingerprint density at radius 3 is 2.36 bits per heavy atom. The predicted molar refractivity (Wildman–Crippen MR) is 130 cm³/mol. The van der Waals surface area contributed by atoms with Crippen molar-refractivity contribution in [3.05, 3.63) is 12.2 Å². The first-order chi connectivity index (χ1) is 16.7. The molecule has 2 bridgehead atoms. The molecule has 0 aromatic carbocycles. The molecule has 4 saturated carbocycles. The lowest BCUT2D eigenvalue weighted by atomic mass is 9.37. The Hall–Kier alpha value is -2.07. The van der Waals surface area contributed by atoms with E-state index in [4.69, 9.17) is 13.7 Å². The molecule has 7 atom stereocenters. The summed E-state index contributed by atoms with van der Waals surface area (Å²) in [6.07, 6.45) is 3.69. The second kappa shape index (κ2) is 10.4. The van der Waals surface area contributed by atoms with Crippen LogP contribution in [-0.4, -0.2) is 58.0 Å². The maximum atomic E-state index is 14.3. The first kappa shape index (κ1) is 28.5. The molecule has 0 aliphatic heterocycles. The highest BCUT2D eigenvalue weighted by molar-refractivity contribution is 7.85. The molecule has 0 amide bonds. The van der Waals surface area contributed by atoms with Crippen LogP contribution in [0.25, 0.3) is 0 Å². The van der Waals surface area contributed by atoms with Crippen molar-refractivity contribution in [2.75, 3.05) is 26.1 Å². The van der Waals surface area contributed by atoms with Gasteiger partial charge in [0, 0.05) is 25.2 Å². The standard InChI is InChI=1S/C26H38O9S/c1-7-9-25(14-34-18(5)28)21-11-19-8-10-26(21,23(29)16(19)3)24(30)20(13-35-36(6,31)32)22(25)15(2)12-33-17(4)27/h15,19-22H,3,7-14H2,1-2,4-6H3. The van der Waals surface area contributed by atoms with Gasteiger partial charge >= 0.3 is 11.9 Å². The van der Waals surface area contributed by atoms with Crippen molar-refractivity contribution in [3.8, 4) is 0 Å². The zero-order valence-corrected chi connectivity index (χ0v) is 22.6. The molecular formula is C26H38O9S. The number of carbonyl (C=O) groups excluding carboxylic acids is 4. The molecule has 4 aliphatic carbocycles. The van der Waals surface area contributed by atoms with Gasteiger partial charge in [-0.25, -0.2) is 0 Å². The van der Waals surface area contributed by atoms with Crippen LogP contribution >= 0.6 is 0 Å². The van der Waals surface area contributed by atoms with Crippen molar-refractivity contribution in [2.24, 2.45) is 40.4 Å². The van der Waals surface area contributed by atoms with Gasteiger partial charge in [-0.2, -0.15) is 8.42 Å². The molecule has 0 aromatic rings. The van der Waals surface area contributed by atoms with Gasteiger partial charge in [0.15, 0.2) is 11.6 Å². The van der Waals surface area contributed by atoms with E-state index in [0.717, 1.165) is 6.26 Å². The number of hydrogen-bond donors (Lipinski definition) is 0. The van der Waals surface area contributed by atoms with E-state index in [1.54, 1.807) is 0 Å². The Morgan fingerprint density at radius 2 is 1.81 bits per heavy atom. The summed E-state index contributed by atoms with van der Waals surface area (Å²) >= 11 is 0. The molecule has 7 unspecified atom stereocenters. The lowest BCUT2D eigenvalue weighted by Crippen LogP contribution is -2.70. The second-order valence-corrected chi connectivity index (χ2v) is 12.5. The molecule has 202 valence electrons. The monoisotopic (exact) mass is 526 g/mol. The van der Waals surface area contributed by atoms with Crippen molar-refractivity contribution in [3.63, 3.8) is 0 Å². The maximum absolute atomic E-state index is 14.3. The van der Waals surface area contributed by atoms with Crippen LogP contribution in [0.15, 0.2) is 12.2 Å². The number of allylic oxidation sites excluding steroid dienone is 1. The molecule has 4 aliphatic rings. The van der Waals surface area contributed by atoms with Crippen molar-refractivity contribution >= 4 is 33.6 Å². The third kappa shape index (κ3) is 4.90. The number of hydrogen-bond acceptors (Lipinski definition) is 9. The summed E-state index contributed by atoms with van der Waals surface area (Å²) < 4.78 is 40.1. The number of ether oxygens (including phenoxy) is 2. The van der Waals surface area contributed by atoms with E-state index in [2.05, 4.69) is 6.58 Å². The smallest absolute Gasteiger partial charge is 0.302 e. The van der Waals surface area contributed by atoms with Crippen LogP contribution in [0.3, 0.4) is 0 Å². The Labute approximate surface area is 213 Å². The molecule has 0 heterocycles. The molecule has 0 aromatic heterocycles. The molecule has 0 radical (unpaired) electrons. The van der Waals surface area contributed by atoms with Gasteiger partial charge in [-0.15, -0.1) is 0 Å². The van der Waals surface area contributed by atoms with Gasteiger partial charge in [0.05, 0.1) is 31.5 Å². The third-order valence-corrected chi connectivity index (χ3v) is 9.21. The topological polar surface area (TPSA) is 130 Å². The molecule has 0 saturated heterocycles. The van der Waals surface area contributed by atoms with Gasteiger partial charge in [0.2, 0.25) is 0 Å². The third-order valence-electron chi connectivity index (χ3n) is 8.64. The van der Waals surface area contributed by atoms with E-state index in [-0.39, 0.29) is 30.7 Å². The Kier molecular flexibility index (Phi) is 8.20. The first-order valence-electron chi connectivity index (χ1n) is 12.6. The van der Waals surface area contributed by atoms with Crippen LogP contribution in [-0.2, 0) is 43.0 Å². The molecule has 1 spiro atoms. The van der Waals surface area contributed by atoms with Crippen molar-refractivity contribution in [1.29, 1.82) is 0 Å². The van der Waals surface area contributed by atoms with Crippen LogP contribution in [0.2, 0.25) is 0 Å². The number of carbonyl (C=O) groups is 4. The fourth-order valence-corrected chi connectivity index (χ4v) is 7.90. The van der Waals surface area contributed by atoms with E-state index in [9.17, 15) is 27.6 Å². The first-order valence-corrected chi connectivity index (χ1v) is 14.4. The van der Waals surface area contributed by atoms with Gasteiger partial charge in [0.1, 0.15) is 0 Å². The summed E-state index contributed by atoms with van der Waals surface area (Å²) in [5.74, 6) is -3.97. The van der Waals surface area contributed by atoms with Gasteiger partial charge < -0.3 is 9.47 Å². The zero-order chi connectivity index (χ0) is 27.1. The van der Waals surface area contributed by atoms with Crippen LogP contribution in [0.5, 0.6) is 0 Å². The summed E-state index contributed by atoms with van der Waals surface area (Å²) in [6, 6.07) is 0. The average Bonchev–Trinajstić information content (AvgIpc) is 2.79. The Morgan fingerprint density at radius 1 is 1.17 bits per heavy atom. The van der Waals surface area contributed by atoms with Gasteiger partial charge in [-0.05, 0) is 54.9 Å². The van der Waals surface area contributed by atoms with Crippen LogP contribution in [0, 0.1) is 40.4 Å². The summed E-state index contributed by atoms with van der Waals surface area (Å²) in [7, 11) is -3.89. The van der Waals surface area contributed by atoms with Gasteiger partial charge in [-0.3, -0.25) is 23.4 Å². The number of rotatable bonds is 10. The molecule has 10 heteroatoms. The number of esters is 2. The van der Waals surface area contributed by atoms with Crippen molar-refractivity contribution in [2.45, 2.75) is 59.8 Å². The molecule has 4 fully saturated rings. The number of fused-ring (bicyclic) bond motifs is 2. The lowest BCUT2D eigenvalue weighted by molar-refractivity contribution is -0.201. The normalized spacial score (nSPS) is 34.8. The highest BCUT2D eigenvalue weighted by atomic mass is 32.2. The van der Waals surface area contributed by atoms with Gasteiger partial charge in [-0.1, -0.05) is 26.8 Å². The predicted octanol–water partition coefficient (Wildman–Crippen LogP) is 2.87. The minimum Gasteiger partial charge on any atom is -0.466 e. The summed E-state index contributed by atoms with van der Waals surface area (Å²) in [5, 5.41) is 0. The van der Waals surface area contributed by atoms with E-state index >= 15 is 0 Å². The van der Waals surface area contributed by atoms with Crippen molar-refractivity contribution in [1.82, 2.24) is 0 Å². The van der Waals surface area contributed by atoms with Crippen LogP contribution in [0.1, 0.15) is 59.8 Å². The fraction of sp³-hybridized carbons (Fsp3) is 0.769. The summed E-state index contributed by atoms with van der Waals surface area (Å²) in [5.41, 5.74) is -1.74. The quantitative estimate of drug-likeness (QED) is 0.182. The van der Waals surface area contributed by atoms with Gasteiger partial charge in [0.25, 0.3) is 10.1 Å². The second-order valence-electron chi connectivity index (χ2n) is 10.9. The van der Waals surface area contributed by atoms with E-state index in [1.165, 1.54) is 13.8 Å². The SMILES string of the molecule is C=C1C(=O)C23CCC1CC2C(CCC)(COC(C)=O)C(C(C)COC(C)=O)C(COS(C)(=O)=O)C3=O.